The number of hydrogen-bond donors (Lipinski definition) is 1. The highest BCUT2D eigenvalue weighted by Crippen LogP contribution is 2.06. The van der Waals surface area contributed by atoms with E-state index in [4.69, 9.17) is 5.11 Å². The van der Waals surface area contributed by atoms with Gasteiger partial charge in [0.05, 0.1) is 7.11 Å². The summed E-state index contributed by atoms with van der Waals surface area (Å²) in [5.41, 5.74) is 0.479. The number of carbonyl (C=O) groups excluding carboxylic acids is 1. The minimum atomic E-state index is -1.04. The molecule has 0 aliphatic carbocycles. The van der Waals surface area contributed by atoms with Crippen LogP contribution in [0, 0.1) is 0 Å². The van der Waals surface area contributed by atoms with Gasteiger partial charge < -0.3 is 9.84 Å². The molecule has 4 heteroatoms. The number of carbonyl (C=O) groups is 2. The lowest BCUT2D eigenvalue weighted by molar-refractivity contribution is -0.136. The minimum absolute atomic E-state index is 0.415. The fourth-order valence-corrected chi connectivity index (χ4v) is 0.900. The van der Waals surface area contributed by atoms with Crippen molar-refractivity contribution in [2.75, 3.05) is 7.11 Å². The number of methoxy groups -OCH3 is 1. The Hall–Kier alpha value is -1.58. The molecule has 0 amide bonds. The highest BCUT2D eigenvalue weighted by Gasteiger charge is 2.06. The molecule has 0 aromatic heterocycles. The molecular formula is C10H14O4. The topological polar surface area (TPSA) is 63.6 Å². The molecule has 0 rings (SSSR count). The van der Waals surface area contributed by atoms with Crippen LogP contribution in [0.1, 0.15) is 19.8 Å². The fourth-order valence-electron chi connectivity index (χ4n) is 0.900. The molecule has 0 saturated heterocycles. The van der Waals surface area contributed by atoms with Crippen LogP contribution in [0.15, 0.2) is 23.8 Å². The van der Waals surface area contributed by atoms with E-state index < -0.39 is 11.9 Å². The summed E-state index contributed by atoms with van der Waals surface area (Å²) in [6, 6.07) is 0. The molecule has 0 aliphatic heterocycles. The fraction of sp³-hybridized carbons (Fsp3) is 0.400. The van der Waals surface area contributed by atoms with E-state index in [1.54, 1.807) is 0 Å². The second-order valence-corrected chi connectivity index (χ2v) is 2.63. The molecular weight excluding hydrogens is 184 g/mol. The molecule has 14 heavy (non-hydrogen) atoms. The lowest BCUT2D eigenvalue weighted by Gasteiger charge is -2.01. The van der Waals surface area contributed by atoms with Crippen LogP contribution in [-0.2, 0) is 14.3 Å². The summed E-state index contributed by atoms with van der Waals surface area (Å²) in [6.45, 7) is 1.93. The van der Waals surface area contributed by atoms with E-state index in [1.165, 1.54) is 19.3 Å². The third-order valence-corrected chi connectivity index (χ3v) is 1.50. The molecule has 0 spiro atoms. The van der Waals surface area contributed by atoms with Gasteiger partial charge in [-0.2, -0.15) is 0 Å². The SMILES string of the molecule is CCCC(=CC=CC(=O)O)C(=O)OC. The predicted molar refractivity (Wildman–Crippen MR) is 51.8 cm³/mol. The lowest BCUT2D eigenvalue weighted by Crippen LogP contribution is -2.04. The first-order chi connectivity index (χ1) is 6.61. The van der Waals surface area contributed by atoms with Crippen molar-refractivity contribution >= 4 is 11.9 Å². The van der Waals surface area contributed by atoms with Crippen molar-refractivity contribution < 1.29 is 19.4 Å². The predicted octanol–water partition coefficient (Wildman–Crippen LogP) is 1.53. The molecule has 0 aliphatic rings. The highest BCUT2D eigenvalue weighted by atomic mass is 16.5. The average Bonchev–Trinajstić information content (AvgIpc) is 2.15. The largest absolute Gasteiger partial charge is 0.478 e. The molecule has 0 aromatic rings. The summed E-state index contributed by atoms with van der Waals surface area (Å²) in [5, 5.41) is 8.32. The summed E-state index contributed by atoms with van der Waals surface area (Å²) < 4.78 is 4.53. The molecule has 0 saturated carbocycles. The Balaban J connectivity index is 4.47. The van der Waals surface area contributed by atoms with Crippen molar-refractivity contribution in [2.45, 2.75) is 19.8 Å². The molecule has 0 bridgehead atoms. The maximum Gasteiger partial charge on any atom is 0.333 e. The Labute approximate surface area is 82.9 Å². The van der Waals surface area contributed by atoms with Gasteiger partial charge in [-0.1, -0.05) is 25.5 Å². The zero-order valence-electron chi connectivity index (χ0n) is 8.32. The first-order valence-corrected chi connectivity index (χ1v) is 4.30. The first-order valence-electron chi connectivity index (χ1n) is 4.30. The van der Waals surface area contributed by atoms with Gasteiger partial charge >= 0.3 is 11.9 Å². The number of esters is 1. The minimum Gasteiger partial charge on any atom is -0.478 e. The van der Waals surface area contributed by atoms with E-state index in [2.05, 4.69) is 4.74 Å². The van der Waals surface area contributed by atoms with E-state index in [-0.39, 0.29) is 0 Å². The molecule has 0 fully saturated rings. The Morgan fingerprint density at radius 3 is 2.50 bits per heavy atom. The van der Waals surface area contributed by atoms with Crippen LogP contribution in [0.25, 0.3) is 0 Å². The van der Waals surface area contributed by atoms with Crippen LogP contribution in [-0.4, -0.2) is 24.2 Å². The van der Waals surface area contributed by atoms with Crippen molar-refractivity contribution in [3.8, 4) is 0 Å². The molecule has 0 atom stereocenters. The van der Waals surface area contributed by atoms with Gasteiger partial charge in [-0.3, -0.25) is 0 Å². The van der Waals surface area contributed by atoms with Crippen LogP contribution in [0.5, 0.6) is 0 Å². The van der Waals surface area contributed by atoms with Crippen molar-refractivity contribution in [1.82, 2.24) is 0 Å². The standard InChI is InChI=1S/C10H14O4/c1-3-5-8(10(13)14-2)6-4-7-9(11)12/h4,6-7H,3,5H2,1-2H3,(H,11,12). The third-order valence-electron chi connectivity index (χ3n) is 1.50. The molecule has 0 aromatic carbocycles. The number of allylic oxidation sites excluding steroid dienone is 2. The molecule has 1 N–H and O–H groups in total. The second-order valence-electron chi connectivity index (χ2n) is 2.63. The second kappa shape index (κ2) is 6.88. The highest BCUT2D eigenvalue weighted by molar-refractivity contribution is 5.89. The van der Waals surface area contributed by atoms with E-state index in [1.807, 2.05) is 6.92 Å². The number of hydrogen-bond acceptors (Lipinski definition) is 3. The van der Waals surface area contributed by atoms with E-state index in [0.29, 0.717) is 12.0 Å². The smallest absolute Gasteiger partial charge is 0.333 e. The van der Waals surface area contributed by atoms with Gasteiger partial charge in [0.25, 0.3) is 0 Å². The van der Waals surface area contributed by atoms with Crippen LogP contribution >= 0.6 is 0 Å². The maximum absolute atomic E-state index is 11.1. The van der Waals surface area contributed by atoms with Crippen molar-refractivity contribution in [2.24, 2.45) is 0 Å². The van der Waals surface area contributed by atoms with Crippen LogP contribution in [0.2, 0.25) is 0 Å². The van der Waals surface area contributed by atoms with Crippen molar-refractivity contribution in [1.29, 1.82) is 0 Å². The van der Waals surface area contributed by atoms with Gasteiger partial charge in [0.2, 0.25) is 0 Å². The summed E-state index contributed by atoms with van der Waals surface area (Å²) >= 11 is 0. The number of ether oxygens (including phenoxy) is 1. The normalized spacial score (nSPS) is 11.7. The number of carboxylic acids is 1. The van der Waals surface area contributed by atoms with Gasteiger partial charge in [-0.25, -0.2) is 9.59 Å². The molecule has 78 valence electrons. The molecule has 0 radical (unpaired) electrons. The Kier molecular flexibility index (Phi) is 6.11. The van der Waals surface area contributed by atoms with Crippen molar-refractivity contribution in [3.05, 3.63) is 23.8 Å². The molecule has 0 heterocycles. The van der Waals surface area contributed by atoms with Gasteiger partial charge in [0, 0.05) is 11.6 Å². The Bertz CT molecular complexity index is 263. The zero-order valence-corrected chi connectivity index (χ0v) is 8.32. The first kappa shape index (κ1) is 12.4. The van der Waals surface area contributed by atoms with E-state index >= 15 is 0 Å². The summed E-state index contributed by atoms with van der Waals surface area (Å²) in [6.07, 6.45) is 5.14. The zero-order chi connectivity index (χ0) is 11.0. The average molecular weight is 198 g/mol. The number of aliphatic carboxylic acids is 1. The van der Waals surface area contributed by atoms with Crippen molar-refractivity contribution in [3.63, 3.8) is 0 Å². The lowest BCUT2D eigenvalue weighted by atomic mass is 10.1. The van der Waals surface area contributed by atoms with Crippen LogP contribution in [0.3, 0.4) is 0 Å². The third kappa shape index (κ3) is 5.13. The number of carboxylic acid groups (broad SMARTS) is 1. The van der Waals surface area contributed by atoms with Gasteiger partial charge in [0.1, 0.15) is 0 Å². The van der Waals surface area contributed by atoms with E-state index in [0.717, 1.165) is 12.5 Å². The molecule has 4 nitrogen and oxygen atoms in total. The monoisotopic (exact) mass is 198 g/mol. The van der Waals surface area contributed by atoms with Crippen LogP contribution in [0.4, 0.5) is 0 Å². The van der Waals surface area contributed by atoms with Gasteiger partial charge in [-0.15, -0.1) is 0 Å². The van der Waals surface area contributed by atoms with E-state index in [9.17, 15) is 9.59 Å². The number of rotatable bonds is 5. The summed E-state index contributed by atoms with van der Waals surface area (Å²) in [5.74, 6) is -1.45. The quantitative estimate of drug-likeness (QED) is 0.413. The van der Waals surface area contributed by atoms with Crippen LogP contribution < -0.4 is 0 Å². The maximum atomic E-state index is 11.1. The van der Waals surface area contributed by atoms with Gasteiger partial charge in [0.15, 0.2) is 0 Å². The summed E-state index contributed by atoms with van der Waals surface area (Å²) in [7, 11) is 1.30. The Morgan fingerprint density at radius 2 is 2.07 bits per heavy atom. The molecule has 0 unspecified atom stereocenters. The Morgan fingerprint density at radius 1 is 1.43 bits per heavy atom. The van der Waals surface area contributed by atoms with Gasteiger partial charge in [-0.05, 0) is 6.42 Å². The summed E-state index contributed by atoms with van der Waals surface area (Å²) in [4.78, 5) is 21.3.